The molecule has 0 spiro atoms. The average molecular weight is 381 g/mol. The maximum atomic E-state index is 13.2. The zero-order chi connectivity index (χ0) is 20.3. The number of ether oxygens (including phenoxy) is 1. The zero-order valence-corrected chi connectivity index (χ0v) is 15.0. The fourth-order valence-electron chi connectivity index (χ4n) is 2.59. The Morgan fingerprint density at radius 1 is 1.32 bits per heavy atom. The van der Waals surface area contributed by atoms with E-state index in [1.165, 1.54) is 13.2 Å². The van der Waals surface area contributed by atoms with E-state index in [-0.39, 0.29) is 22.8 Å². The van der Waals surface area contributed by atoms with E-state index in [4.69, 9.17) is 10.00 Å². The number of carbonyl (C=O) groups excluding carboxylic acids is 1. The molecule has 142 valence electrons. The first kappa shape index (κ1) is 18.7. The number of rotatable bonds is 4. The zero-order valence-electron chi connectivity index (χ0n) is 15.0. The molecule has 3 rings (SSSR count). The van der Waals surface area contributed by atoms with Gasteiger partial charge in [0.05, 0.1) is 18.4 Å². The van der Waals surface area contributed by atoms with Crippen LogP contribution in [0.4, 0.5) is 14.9 Å². The van der Waals surface area contributed by atoms with Gasteiger partial charge in [-0.15, -0.1) is 0 Å². The number of methoxy groups -OCH3 is 1. The minimum atomic E-state index is -0.740. The van der Waals surface area contributed by atoms with Gasteiger partial charge < -0.3 is 15.2 Å². The van der Waals surface area contributed by atoms with Crippen LogP contribution in [0.2, 0.25) is 0 Å². The van der Waals surface area contributed by atoms with Gasteiger partial charge in [0, 0.05) is 5.56 Å². The summed E-state index contributed by atoms with van der Waals surface area (Å²) in [5.74, 6) is 0.0503. The number of amides is 2. The number of nitrogens with zero attached hydrogens (tertiary/aromatic N) is 3. The van der Waals surface area contributed by atoms with Gasteiger partial charge in [0.1, 0.15) is 29.2 Å². The van der Waals surface area contributed by atoms with Gasteiger partial charge in [-0.1, -0.05) is 12.1 Å². The van der Waals surface area contributed by atoms with Crippen molar-refractivity contribution in [1.29, 1.82) is 5.26 Å². The number of hydrogen-bond acceptors (Lipinski definition) is 5. The van der Waals surface area contributed by atoms with Gasteiger partial charge in [0.25, 0.3) is 0 Å². The van der Waals surface area contributed by atoms with Gasteiger partial charge >= 0.3 is 6.03 Å². The third-order valence-corrected chi connectivity index (χ3v) is 3.93. The van der Waals surface area contributed by atoms with Crippen LogP contribution in [0.15, 0.2) is 42.5 Å². The lowest BCUT2D eigenvalue weighted by molar-refractivity contribution is 0.259. The Bertz CT molecular complexity index is 1090. The molecule has 2 amide bonds. The molecule has 0 fully saturated rings. The maximum absolute atomic E-state index is 13.2. The lowest BCUT2D eigenvalue weighted by atomic mass is 10.1. The summed E-state index contributed by atoms with van der Waals surface area (Å²) < 4.78 is 19.5. The van der Waals surface area contributed by atoms with Crippen molar-refractivity contribution in [3.63, 3.8) is 0 Å². The Kier molecular flexibility index (Phi) is 5.13. The lowest BCUT2D eigenvalue weighted by Crippen LogP contribution is -2.28. The lowest BCUT2D eigenvalue weighted by Gasteiger charge is -2.11. The predicted molar refractivity (Wildman–Crippen MR) is 100 cm³/mol. The van der Waals surface area contributed by atoms with Crippen LogP contribution in [-0.4, -0.2) is 27.9 Å². The van der Waals surface area contributed by atoms with Crippen molar-refractivity contribution in [1.82, 2.24) is 9.66 Å². The van der Waals surface area contributed by atoms with Crippen molar-refractivity contribution >= 4 is 11.7 Å². The molecule has 0 aliphatic rings. The molecule has 3 N–H and O–H groups in total. The molecule has 9 heteroatoms. The SMILES string of the molecule is COc1cccc(-c2nc(C)n(NC(=O)Nc3ccc(F)cc3C#N)c2O)c1. The Labute approximate surface area is 159 Å². The Balaban J connectivity index is 1.84. The number of hydrogen-bond donors (Lipinski definition) is 3. The molecule has 0 aliphatic carbocycles. The van der Waals surface area contributed by atoms with E-state index in [1.54, 1.807) is 37.3 Å². The number of imidazole rings is 1. The number of carbonyl (C=O) groups is 1. The molecular formula is C19H16FN5O3. The van der Waals surface area contributed by atoms with Crippen molar-refractivity contribution in [2.24, 2.45) is 0 Å². The Morgan fingerprint density at radius 3 is 2.82 bits per heavy atom. The second-order valence-corrected chi connectivity index (χ2v) is 5.77. The number of benzene rings is 2. The smallest absolute Gasteiger partial charge is 0.338 e. The van der Waals surface area contributed by atoms with Gasteiger partial charge in [-0.2, -0.15) is 5.26 Å². The molecule has 28 heavy (non-hydrogen) atoms. The van der Waals surface area contributed by atoms with Crippen molar-refractivity contribution in [2.75, 3.05) is 17.9 Å². The molecule has 0 radical (unpaired) electrons. The molecule has 3 aromatic rings. The summed E-state index contributed by atoms with van der Waals surface area (Å²) in [7, 11) is 1.53. The largest absolute Gasteiger partial charge is 0.497 e. The van der Waals surface area contributed by atoms with Gasteiger partial charge in [0.2, 0.25) is 5.88 Å². The van der Waals surface area contributed by atoms with Gasteiger partial charge in [-0.3, -0.25) is 0 Å². The van der Waals surface area contributed by atoms with Gasteiger partial charge in [0.15, 0.2) is 0 Å². The summed E-state index contributed by atoms with van der Waals surface area (Å²) in [6, 6.07) is 11.4. The van der Waals surface area contributed by atoms with Gasteiger partial charge in [-0.25, -0.2) is 24.3 Å². The molecule has 0 aliphatic heterocycles. The van der Waals surface area contributed by atoms with Crippen molar-refractivity contribution < 1.29 is 19.0 Å². The van der Waals surface area contributed by atoms with Gasteiger partial charge in [-0.05, 0) is 37.3 Å². The minimum absolute atomic E-state index is 0.0289. The number of aromatic hydroxyl groups is 1. The van der Waals surface area contributed by atoms with E-state index < -0.39 is 11.8 Å². The molecule has 0 bridgehead atoms. The highest BCUT2D eigenvalue weighted by Crippen LogP contribution is 2.30. The fourth-order valence-corrected chi connectivity index (χ4v) is 2.59. The number of anilines is 1. The molecule has 0 atom stereocenters. The normalized spacial score (nSPS) is 10.2. The first-order valence-corrected chi connectivity index (χ1v) is 8.13. The van der Waals surface area contributed by atoms with E-state index in [2.05, 4.69) is 15.7 Å². The quantitative estimate of drug-likeness (QED) is 0.641. The molecule has 1 heterocycles. The summed E-state index contributed by atoms with van der Waals surface area (Å²) in [4.78, 5) is 16.6. The molecule has 8 nitrogen and oxygen atoms in total. The van der Waals surface area contributed by atoms with Crippen LogP contribution in [-0.2, 0) is 0 Å². The monoisotopic (exact) mass is 381 g/mol. The van der Waals surface area contributed by atoms with Crippen LogP contribution >= 0.6 is 0 Å². The second kappa shape index (κ2) is 7.67. The number of aryl methyl sites for hydroxylation is 1. The summed E-state index contributed by atoms with van der Waals surface area (Å²) in [6.07, 6.45) is 0. The highest BCUT2D eigenvalue weighted by molar-refractivity contribution is 5.96. The third kappa shape index (κ3) is 3.71. The van der Waals surface area contributed by atoms with E-state index in [1.807, 2.05) is 0 Å². The maximum Gasteiger partial charge on any atom is 0.338 e. The van der Waals surface area contributed by atoms with Crippen LogP contribution < -0.4 is 15.5 Å². The van der Waals surface area contributed by atoms with E-state index in [9.17, 15) is 14.3 Å². The molecule has 1 aromatic heterocycles. The highest BCUT2D eigenvalue weighted by Gasteiger charge is 2.18. The average Bonchev–Trinajstić information content (AvgIpc) is 2.97. The van der Waals surface area contributed by atoms with Crippen LogP contribution in [0, 0.1) is 24.1 Å². The number of nitriles is 1. The molecular weight excluding hydrogens is 365 g/mol. The highest BCUT2D eigenvalue weighted by atomic mass is 19.1. The van der Waals surface area contributed by atoms with Crippen LogP contribution in [0.3, 0.4) is 0 Å². The minimum Gasteiger partial charge on any atom is -0.497 e. The van der Waals surface area contributed by atoms with E-state index in [0.29, 0.717) is 17.1 Å². The fraction of sp³-hybridized carbons (Fsp3) is 0.105. The standard InChI is InChI=1S/C19H16FN5O3/c1-11-22-17(12-4-3-5-15(9-12)28-2)18(26)25(11)24-19(27)23-16-7-6-14(20)8-13(16)10-21/h3-9,26H,1-2H3,(H2,23,24,27). The topological polar surface area (TPSA) is 112 Å². The predicted octanol–water partition coefficient (Wildman–Crippen LogP) is 3.36. The summed E-state index contributed by atoms with van der Waals surface area (Å²) in [6.45, 7) is 1.60. The molecule has 0 saturated carbocycles. The second-order valence-electron chi connectivity index (χ2n) is 5.77. The first-order valence-electron chi connectivity index (χ1n) is 8.13. The Morgan fingerprint density at radius 2 is 2.11 bits per heavy atom. The van der Waals surface area contributed by atoms with Crippen LogP contribution in [0.5, 0.6) is 11.6 Å². The van der Waals surface area contributed by atoms with E-state index >= 15 is 0 Å². The number of halogens is 1. The molecule has 2 aromatic carbocycles. The number of aromatic nitrogens is 2. The summed E-state index contributed by atoms with van der Waals surface area (Å²) >= 11 is 0. The van der Waals surface area contributed by atoms with Crippen LogP contribution in [0.25, 0.3) is 11.3 Å². The van der Waals surface area contributed by atoms with Crippen molar-refractivity contribution in [3.8, 4) is 29.0 Å². The van der Waals surface area contributed by atoms with Crippen molar-refractivity contribution in [3.05, 3.63) is 59.7 Å². The van der Waals surface area contributed by atoms with Crippen molar-refractivity contribution in [2.45, 2.75) is 6.92 Å². The van der Waals surface area contributed by atoms with Crippen LogP contribution in [0.1, 0.15) is 11.4 Å². The molecule has 0 unspecified atom stereocenters. The number of nitrogens with one attached hydrogen (secondary N) is 2. The first-order chi connectivity index (χ1) is 13.4. The molecule has 0 saturated heterocycles. The summed E-state index contributed by atoms with van der Waals surface area (Å²) in [5.41, 5.74) is 3.40. The summed E-state index contributed by atoms with van der Waals surface area (Å²) in [5, 5.41) is 22.0. The van der Waals surface area contributed by atoms with E-state index in [0.717, 1.165) is 16.8 Å². The number of urea groups is 1. The third-order valence-electron chi connectivity index (χ3n) is 3.93. The Hall–Kier alpha value is -4.06.